The summed E-state index contributed by atoms with van der Waals surface area (Å²) in [7, 11) is 0. The van der Waals surface area contributed by atoms with Crippen molar-refractivity contribution < 1.29 is 28.6 Å². The van der Waals surface area contributed by atoms with Gasteiger partial charge in [0, 0.05) is 50.5 Å². The molecule has 2 N–H and O–H groups in total. The van der Waals surface area contributed by atoms with Gasteiger partial charge in [-0.25, -0.2) is 33.4 Å². The van der Waals surface area contributed by atoms with E-state index < -0.39 is 18.0 Å². The van der Waals surface area contributed by atoms with Crippen LogP contribution in [0.5, 0.6) is 5.88 Å². The van der Waals surface area contributed by atoms with E-state index >= 15 is 0 Å². The molecule has 19 heteroatoms. The van der Waals surface area contributed by atoms with Crippen LogP contribution in [0.1, 0.15) is 113 Å². The summed E-state index contributed by atoms with van der Waals surface area (Å²) in [5.41, 5.74) is 1.87. The van der Waals surface area contributed by atoms with Crippen molar-refractivity contribution in [3.05, 3.63) is 84.9 Å². The molecule has 2 saturated carbocycles. The van der Waals surface area contributed by atoms with Crippen LogP contribution in [0.3, 0.4) is 0 Å². The molecule has 2 fully saturated rings. The van der Waals surface area contributed by atoms with Gasteiger partial charge in [0.15, 0.2) is 22.9 Å². The number of fused-ring (bicyclic) bond motifs is 2. The van der Waals surface area contributed by atoms with Crippen molar-refractivity contribution in [2.24, 2.45) is 35.5 Å². The Balaban J connectivity index is 0.000000207. The molecule has 2 aromatic carbocycles. The Morgan fingerprint density at radius 1 is 0.676 bits per heavy atom. The first-order valence-corrected chi connectivity index (χ1v) is 24.2. The second-order valence-electron chi connectivity index (χ2n) is 18.4. The number of halogens is 4. The van der Waals surface area contributed by atoms with E-state index in [9.17, 15) is 24.9 Å². The maximum Gasteiger partial charge on any atom is 0.416 e. The molecule has 1 amide bonds. The summed E-state index contributed by atoms with van der Waals surface area (Å²) in [6.07, 6.45) is 4.30. The number of carbonyl (C=O) groups is 3. The number of carbonyl (C=O) groups excluding carboxylic acids is 3. The van der Waals surface area contributed by atoms with Crippen molar-refractivity contribution >= 4 is 75.7 Å². The van der Waals surface area contributed by atoms with E-state index in [0.29, 0.717) is 73.4 Å². The van der Waals surface area contributed by atoms with Crippen molar-refractivity contribution in [2.75, 3.05) is 13.1 Å². The average Bonchev–Trinajstić information content (AvgIpc) is 4.03. The number of rotatable bonds is 9. The smallest absolute Gasteiger partial charge is 0.416 e. The minimum atomic E-state index is -0.690. The number of amides is 1. The normalized spacial score (nSPS) is 22.4. The van der Waals surface area contributed by atoms with E-state index in [1.807, 2.05) is 19.9 Å². The van der Waals surface area contributed by atoms with Gasteiger partial charge in [-0.05, 0) is 111 Å². The van der Waals surface area contributed by atoms with Gasteiger partial charge in [0.2, 0.25) is 5.88 Å². The second kappa shape index (κ2) is 20.9. The first kappa shape index (κ1) is 50.2. The quantitative estimate of drug-likeness (QED) is 0.132. The van der Waals surface area contributed by atoms with Crippen LogP contribution in [0, 0.1) is 58.2 Å². The monoisotopic (exact) mass is 1000 g/mol. The van der Waals surface area contributed by atoms with Crippen molar-refractivity contribution in [1.29, 1.82) is 10.5 Å². The Morgan fingerprint density at radius 2 is 1.12 bits per heavy atom. The van der Waals surface area contributed by atoms with E-state index in [4.69, 9.17) is 60.6 Å². The Labute approximate surface area is 414 Å². The highest BCUT2D eigenvalue weighted by atomic mass is 35.5. The molecule has 358 valence electrons. The fourth-order valence-electron chi connectivity index (χ4n) is 10.1. The lowest BCUT2D eigenvalue weighted by molar-refractivity contribution is -0.0254. The van der Waals surface area contributed by atoms with Crippen LogP contribution < -0.4 is 4.74 Å². The molecule has 15 nitrogen and oxygen atoms in total. The van der Waals surface area contributed by atoms with Gasteiger partial charge in [-0.1, -0.05) is 87.9 Å². The Bertz CT molecular complexity index is 2890. The third kappa shape index (κ3) is 10.5. The van der Waals surface area contributed by atoms with Crippen molar-refractivity contribution in [1.82, 2.24) is 34.1 Å². The summed E-state index contributed by atoms with van der Waals surface area (Å²) >= 11 is 24.6. The molecule has 0 aliphatic heterocycles. The molecular weight excluding hydrogens is 952 g/mol. The van der Waals surface area contributed by atoms with Gasteiger partial charge in [-0.3, -0.25) is 10.2 Å². The lowest BCUT2D eigenvalue weighted by atomic mass is 9.75. The first-order valence-electron chi connectivity index (χ1n) is 22.7. The van der Waals surface area contributed by atoms with E-state index in [-0.39, 0.29) is 69.7 Å². The number of hydrogen-bond donors (Lipinski definition) is 2. The number of nitrogens with one attached hydrogen (secondary N) is 2. The molecule has 6 aromatic rings. The van der Waals surface area contributed by atoms with Crippen LogP contribution in [0.4, 0.5) is 4.79 Å². The molecular formula is C49H53Cl4N9O6. The fraction of sp³-hybridized carbons (Fsp3) is 0.449. The average molecular weight is 1010 g/mol. The highest BCUT2D eigenvalue weighted by Gasteiger charge is 2.39. The van der Waals surface area contributed by atoms with Crippen LogP contribution in [0.15, 0.2) is 42.6 Å². The van der Waals surface area contributed by atoms with E-state index in [2.05, 4.69) is 67.8 Å². The van der Waals surface area contributed by atoms with Gasteiger partial charge < -0.3 is 19.1 Å². The molecule has 4 heterocycles. The summed E-state index contributed by atoms with van der Waals surface area (Å²) in [6, 6.07) is 14.1. The van der Waals surface area contributed by atoms with Gasteiger partial charge in [-0.15, -0.1) is 0 Å². The van der Waals surface area contributed by atoms with Crippen molar-refractivity contribution in [2.45, 2.75) is 93.3 Å². The molecule has 0 saturated heterocycles. The maximum absolute atomic E-state index is 13.6. The number of nitriles is 2. The molecule has 4 atom stereocenters. The molecule has 8 rings (SSSR count). The predicted molar refractivity (Wildman–Crippen MR) is 260 cm³/mol. The SMILES string of the molecule is CC1CC(C)C(OC(=O)c2c(C#N)cn3[nH]c(-c4cc(Cl)cc(Cl)c4)nc23)C(C)C1.CCN(CC)C(=O)Oc1c(C#N)c(C(=O)OC2C(C)CC(C)CC2C)c2nc(-c3cc(Cl)cc(Cl)c3)[nH]n12. The largest absolute Gasteiger partial charge is 0.458 e. The number of aromatic nitrogens is 6. The Kier molecular flexibility index (Phi) is 15.4. The summed E-state index contributed by atoms with van der Waals surface area (Å²) in [4.78, 5) is 50.2. The van der Waals surface area contributed by atoms with Crippen LogP contribution >= 0.6 is 46.4 Å². The fourth-order valence-corrected chi connectivity index (χ4v) is 11.1. The zero-order chi connectivity index (χ0) is 49.3. The number of H-pyrrole nitrogens is 2. The van der Waals surface area contributed by atoms with Gasteiger partial charge in [0.1, 0.15) is 41.0 Å². The molecule has 2 aliphatic rings. The number of aromatic amines is 2. The topological polar surface area (TPSA) is 196 Å². The lowest BCUT2D eigenvalue weighted by Crippen LogP contribution is -2.37. The minimum Gasteiger partial charge on any atom is -0.458 e. The van der Waals surface area contributed by atoms with E-state index in [1.165, 1.54) is 9.42 Å². The van der Waals surface area contributed by atoms with Crippen molar-refractivity contribution in [3.8, 4) is 40.8 Å². The van der Waals surface area contributed by atoms with Crippen LogP contribution in [-0.4, -0.2) is 77.4 Å². The van der Waals surface area contributed by atoms with Gasteiger partial charge in [0.05, 0.1) is 5.56 Å². The van der Waals surface area contributed by atoms with Crippen LogP contribution in [-0.2, 0) is 9.47 Å². The zero-order valence-corrected chi connectivity index (χ0v) is 42.0. The van der Waals surface area contributed by atoms with E-state index in [1.54, 1.807) is 47.1 Å². The molecule has 0 bridgehead atoms. The van der Waals surface area contributed by atoms with Gasteiger partial charge in [-0.2, -0.15) is 10.5 Å². The Hall–Kier alpha value is -5.71. The second-order valence-corrected chi connectivity index (χ2v) is 20.1. The highest BCUT2D eigenvalue weighted by Crippen LogP contribution is 2.39. The highest BCUT2D eigenvalue weighted by molar-refractivity contribution is 6.35. The summed E-state index contributed by atoms with van der Waals surface area (Å²) in [5, 5.41) is 27.5. The van der Waals surface area contributed by atoms with Crippen LogP contribution in [0.2, 0.25) is 20.1 Å². The molecule has 2 aliphatic carbocycles. The number of nitrogens with zero attached hydrogens (tertiary/aromatic N) is 7. The third-order valence-corrected chi connectivity index (χ3v) is 13.8. The predicted octanol–water partition coefficient (Wildman–Crippen LogP) is 12.3. The zero-order valence-electron chi connectivity index (χ0n) is 39.0. The molecule has 0 radical (unpaired) electrons. The number of benzene rings is 2. The maximum atomic E-state index is 13.6. The van der Waals surface area contributed by atoms with Gasteiger partial charge in [0.25, 0.3) is 0 Å². The Morgan fingerprint density at radius 3 is 1.56 bits per heavy atom. The van der Waals surface area contributed by atoms with Gasteiger partial charge >= 0.3 is 18.0 Å². The number of esters is 2. The molecule has 4 unspecified atom stereocenters. The lowest BCUT2D eigenvalue weighted by Gasteiger charge is -2.37. The first-order chi connectivity index (χ1) is 32.3. The summed E-state index contributed by atoms with van der Waals surface area (Å²) in [6.45, 7) is 17.2. The minimum absolute atomic E-state index is 0.0662. The number of hydrogen-bond acceptors (Lipinski definition) is 10. The third-order valence-electron chi connectivity index (χ3n) is 12.9. The summed E-state index contributed by atoms with van der Waals surface area (Å²) in [5.74, 6) is 1.44. The van der Waals surface area contributed by atoms with Crippen LogP contribution in [0.25, 0.3) is 34.1 Å². The number of ether oxygens (including phenoxy) is 3. The molecule has 0 spiro atoms. The van der Waals surface area contributed by atoms with E-state index in [0.717, 1.165) is 25.7 Å². The molecule has 68 heavy (non-hydrogen) atoms. The standard InChI is InChI=1S/C27H31Cl2N5O4.C22H22Cl2N4O2/c1-6-33(7-2)27(36)38-25-20(13-30)21(26(35)37-22-15(4)8-14(3)9-16(22)5)24-31-23(32-34(24)25)17-10-18(28)12-19(29)11-17;1-11-4-12(2)19(13(3)5-11)30-22(29)18-15(9-25)10-28-21(18)26-20(27-28)14-6-16(23)8-17(24)7-14/h10-12,14-16,22H,6-9H2,1-5H3,(H,31,32);6-8,10-13,19H,4-5H2,1-3H3,(H,26,27). The van der Waals surface area contributed by atoms with Crippen molar-refractivity contribution in [3.63, 3.8) is 0 Å². The molecule has 4 aromatic heterocycles. The summed E-state index contributed by atoms with van der Waals surface area (Å²) < 4.78 is 20.5.